The van der Waals surface area contributed by atoms with Crippen LogP contribution in [0.3, 0.4) is 0 Å². The third-order valence-electron chi connectivity index (χ3n) is 3.25. The van der Waals surface area contributed by atoms with Gasteiger partial charge in [-0.3, -0.25) is 4.79 Å². The molecule has 0 aliphatic carbocycles. The van der Waals surface area contributed by atoms with Crippen molar-refractivity contribution < 1.29 is 9.53 Å². The topological polar surface area (TPSA) is 50.4 Å². The van der Waals surface area contributed by atoms with Gasteiger partial charge in [0.2, 0.25) is 5.91 Å². The van der Waals surface area contributed by atoms with Gasteiger partial charge >= 0.3 is 0 Å². The molecule has 0 aliphatic rings. The number of amides is 1. The molecule has 0 aromatic heterocycles. The van der Waals surface area contributed by atoms with Gasteiger partial charge in [-0.05, 0) is 44.2 Å². The Balaban J connectivity index is 2.05. The fourth-order valence-electron chi connectivity index (χ4n) is 1.98. The first-order valence-corrected chi connectivity index (χ1v) is 7.35. The number of halogens is 1. The third kappa shape index (κ3) is 4.15. The Hall–Kier alpha value is -2.20. The molecule has 0 unspecified atom stereocenters. The first kappa shape index (κ1) is 16.2. The summed E-state index contributed by atoms with van der Waals surface area (Å²) in [6.45, 7) is 3.82. The molecule has 0 bridgehead atoms. The van der Waals surface area contributed by atoms with E-state index >= 15 is 0 Å². The molecule has 4 nitrogen and oxygen atoms in total. The lowest BCUT2D eigenvalue weighted by atomic mass is 10.2. The molecule has 1 amide bonds. The summed E-state index contributed by atoms with van der Waals surface area (Å²) >= 11 is 5.96. The van der Waals surface area contributed by atoms with Crippen molar-refractivity contribution >= 4 is 28.9 Å². The molecule has 2 aromatic carbocycles. The second-order valence-corrected chi connectivity index (χ2v) is 5.50. The minimum absolute atomic E-state index is 0.166. The standard InChI is InChI=1S/C17H19ClN2O2/c1-11-4-7-14(8-5-11)19-12(2)17(21)20-15-10-13(18)6-9-16(15)22-3/h4-10,12,19H,1-3H3,(H,20,21)/t12-/m0/s1. The van der Waals surface area contributed by atoms with Crippen molar-refractivity contribution in [1.29, 1.82) is 0 Å². The van der Waals surface area contributed by atoms with Crippen molar-refractivity contribution in [3.63, 3.8) is 0 Å². The number of hydrogen-bond acceptors (Lipinski definition) is 3. The molecule has 0 fully saturated rings. The summed E-state index contributed by atoms with van der Waals surface area (Å²) in [5.41, 5.74) is 2.62. The number of carbonyl (C=O) groups excluding carboxylic acids is 1. The minimum Gasteiger partial charge on any atom is -0.495 e. The Morgan fingerprint density at radius 3 is 2.50 bits per heavy atom. The number of carbonyl (C=O) groups is 1. The normalized spacial score (nSPS) is 11.6. The number of benzene rings is 2. The van der Waals surface area contributed by atoms with Crippen molar-refractivity contribution in [1.82, 2.24) is 0 Å². The molecule has 2 rings (SSSR count). The zero-order valence-corrected chi connectivity index (χ0v) is 13.6. The van der Waals surface area contributed by atoms with Crippen LogP contribution in [0.4, 0.5) is 11.4 Å². The molecule has 0 saturated carbocycles. The van der Waals surface area contributed by atoms with Gasteiger partial charge in [0.1, 0.15) is 11.8 Å². The average Bonchev–Trinajstić information content (AvgIpc) is 2.49. The van der Waals surface area contributed by atoms with E-state index in [4.69, 9.17) is 16.3 Å². The molecule has 116 valence electrons. The van der Waals surface area contributed by atoms with Gasteiger partial charge in [0.05, 0.1) is 12.8 Å². The quantitative estimate of drug-likeness (QED) is 0.872. The highest BCUT2D eigenvalue weighted by molar-refractivity contribution is 6.31. The van der Waals surface area contributed by atoms with Gasteiger partial charge in [0.25, 0.3) is 0 Å². The van der Waals surface area contributed by atoms with Crippen molar-refractivity contribution in [2.24, 2.45) is 0 Å². The van der Waals surface area contributed by atoms with Crippen LogP contribution in [0, 0.1) is 6.92 Å². The predicted octanol–water partition coefficient (Wildman–Crippen LogP) is 4.10. The van der Waals surface area contributed by atoms with E-state index in [9.17, 15) is 4.79 Å². The van der Waals surface area contributed by atoms with Gasteiger partial charge in [-0.15, -0.1) is 0 Å². The van der Waals surface area contributed by atoms with Gasteiger partial charge in [0, 0.05) is 10.7 Å². The molecule has 0 radical (unpaired) electrons. The van der Waals surface area contributed by atoms with E-state index in [1.165, 1.54) is 5.56 Å². The molecule has 5 heteroatoms. The van der Waals surface area contributed by atoms with E-state index in [0.29, 0.717) is 16.5 Å². The van der Waals surface area contributed by atoms with Crippen molar-refractivity contribution in [3.05, 3.63) is 53.1 Å². The van der Waals surface area contributed by atoms with Crippen LogP contribution in [0.2, 0.25) is 5.02 Å². The highest BCUT2D eigenvalue weighted by Gasteiger charge is 2.15. The number of ether oxygens (including phenoxy) is 1. The van der Waals surface area contributed by atoms with Gasteiger partial charge in [-0.1, -0.05) is 29.3 Å². The van der Waals surface area contributed by atoms with Gasteiger partial charge in [-0.2, -0.15) is 0 Å². The zero-order valence-electron chi connectivity index (χ0n) is 12.8. The molecule has 0 saturated heterocycles. The Labute approximate surface area is 135 Å². The summed E-state index contributed by atoms with van der Waals surface area (Å²) in [6.07, 6.45) is 0. The molecule has 0 aliphatic heterocycles. The lowest BCUT2D eigenvalue weighted by molar-refractivity contribution is -0.116. The van der Waals surface area contributed by atoms with Crippen molar-refractivity contribution in [3.8, 4) is 5.75 Å². The maximum atomic E-state index is 12.3. The van der Waals surface area contributed by atoms with Crippen molar-refractivity contribution in [2.75, 3.05) is 17.7 Å². The molecular weight excluding hydrogens is 300 g/mol. The Morgan fingerprint density at radius 1 is 1.18 bits per heavy atom. The third-order valence-corrected chi connectivity index (χ3v) is 3.48. The monoisotopic (exact) mass is 318 g/mol. The fraction of sp³-hybridized carbons (Fsp3) is 0.235. The zero-order chi connectivity index (χ0) is 16.1. The summed E-state index contributed by atoms with van der Waals surface area (Å²) in [7, 11) is 1.55. The number of rotatable bonds is 5. The van der Waals surface area contributed by atoms with Crippen LogP contribution in [0.1, 0.15) is 12.5 Å². The van der Waals surface area contributed by atoms with E-state index in [1.54, 1.807) is 32.2 Å². The molecule has 22 heavy (non-hydrogen) atoms. The summed E-state index contributed by atoms with van der Waals surface area (Å²) < 4.78 is 5.22. The number of anilines is 2. The van der Waals surface area contributed by atoms with Crippen LogP contribution >= 0.6 is 11.6 Å². The summed E-state index contributed by atoms with van der Waals surface area (Å²) in [6, 6.07) is 12.6. The molecular formula is C17H19ClN2O2. The largest absolute Gasteiger partial charge is 0.495 e. The van der Waals surface area contributed by atoms with E-state index in [-0.39, 0.29) is 5.91 Å². The number of methoxy groups -OCH3 is 1. The lowest BCUT2D eigenvalue weighted by Gasteiger charge is -2.17. The van der Waals surface area contributed by atoms with E-state index in [0.717, 1.165) is 5.69 Å². The van der Waals surface area contributed by atoms with Crippen LogP contribution in [0.15, 0.2) is 42.5 Å². The predicted molar refractivity (Wildman–Crippen MR) is 90.9 cm³/mol. The first-order valence-electron chi connectivity index (χ1n) is 6.97. The second-order valence-electron chi connectivity index (χ2n) is 5.07. The van der Waals surface area contributed by atoms with Crippen LogP contribution in [0.5, 0.6) is 5.75 Å². The van der Waals surface area contributed by atoms with Crippen LogP contribution < -0.4 is 15.4 Å². The molecule has 1 atom stereocenters. The SMILES string of the molecule is COc1ccc(Cl)cc1NC(=O)[C@H](C)Nc1ccc(C)cc1. The highest BCUT2D eigenvalue weighted by Crippen LogP contribution is 2.27. The summed E-state index contributed by atoms with van der Waals surface area (Å²) in [5.74, 6) is 0.404. The summed E-state index contributed by atoms with van der Waals surface area (Å²) in [4.78, 5) is 12.3. The molecule has 2 N–H and O–H groups in total. The maximum Gasteiger partial charge on any atom is 0.246 e. The average molecular weight is 319 g/mol. The smallest absolute Gasteiger partial charge is 0.246 e. The minimum atomic E-state index is -0.397. The van der Waals surface area contributed by atoms with E-state index in [2.05, 4.69) is 10.6 Å². The lowest BCUT2D eigenvalue weighted by Crippen LogP contribution is -2.32. The number of aryl methyl sites for hydroxylation is 1. The summed E-state index contributed by atoms with van der Waals surface area (Å²) in [5, 5.41) is 6.52. The van der Waals surface area contributed by atoms with Gasteiger partial charge in [0.15, 0.2) is 0 Å². The number of hydrogen-bond donors (Lipinski definition) is 2. The molecule has 0 heterocycles. The highest BCUT2D eigenvalue weighted by atomic mass is 35.5. The molecule has 2 aromatic rings. The Morgan fingerprint density at radius 2 is 1.86 bits per heavy atom. The Kier molecular flexibility index (Phi) is 5.28. The van der Waals surface area contributed by atoms with E-state index < -0.39 is 6.04 Å². The van der Waals surface area contributed by atoms with Gasteiger partial charge < -0.3 is 15.4 Å². The van der Waals surface area contributed by atoms with Crippen LogP contribution in [-0.2, 0) is 4.79 Å². The maximum absolute atomic E-state index is 12.3. The van der Waals surface area contributed by atoms with Gasteiger partial charge in [-0.25, -0.2) is 0 Å². The second kappa shape index (κ2) is 7.18. The molecule has 0 spiro atoms. The van der Waals surface area contributed by atoms with Crippen LogP contribution in [0.25, 0.3) is 0 Å². The number of nitrogens with one attached hydrogen (secondary N) is 2. The van der Waals surface area contributed by atoms with E-state index in [1.807, 2.05) is 31.2 Å². The van der Waals surface area contributed by atoms with Crippen molar-refractivity contribution in [2.45, 2.75) is 19.9 Å². The fourth-order valence-corrected chi connectivity index (χ4v) is 2.16. The Bertz CT molecular complexity index is 656. The first-order chi connectivity index (χ1) is 10.5. The van der Waals surface area contributed by atoms with Crippen LogP contribution in [-0.4, -0.2) is 19.1 Å².